The summed E-state index contributed by atoms with van der Waals surface area (Å²) in [5.41, 5.74) is -0.251. The van der Waals surface area contributed by atoms with Gasteiger partial charge in [0.1, 0.15) is 17.0 Å². The number of nitrogens with one attached hydrogen (secondary N) is 2. The molecule has 0 spiro atoms. The Hall–Kier alpha value is -4.66. The molecule has 0 aliphatic heterocycles. The fraction of sp³-hybridized carbons (Fsp3) is 0.294. The van der Waals surface area contributed by atoms with Crippen molar-refractivity contribution in [2.45, 2.75) is 45.4 Å². The van der Waals surface area contributed by atoms with E-state index in [1.54, 1.807) is 18.2 Å². The number of rotatable bonds is 15. The Kier molecular flexibility index (Phi) is 11.8. The average molecular weight is 642 g/mol. The van der Waals surface area contributed by atoms with Crippen molar-refractivity contribution < 1.29 is 62.8 Å². The van der Waals surface area contributed by atoms with Crippen LogP contribution in [0.3, 0.4) is 0 Å². The third-order valence-corrected chi connectivity index (χ3v) is 7.49. The van der Waals surface area contributed by atoms with Crippen LogP contribution >= 0.6 is 0 Å². The summed E-state index contributed by atoms with van der Waals surface area (Å²) in [6.45, 7) is 2.57. The van der Waals surface area contributed by atoms with Crippen LogP contribution in [0.2, 0.25) is 0 Å². The number of carboxylic acid groups (broad SMARTS) is 1. The number of hydrogen-bond acceptors (Lipinski definition) is 7. The van der Waals surface area contributed by atoms with Crippen molar-refractivity contribution in [2.75, 3.05) is 23.8 Å². The maximum absolute atomic E-state index is 15.2. The first-order valence-corrected chi connectivity index (χ1v) is 14.9. The van der Waals surface area contributed by atoms with Gasteiger partial charge < -0.3 is 31.4 Å². The quantitative estimate of drug-likeness (QED) is 0.0999. The molecule has 0 radical (unpaired) electrons. The zero-order valence-electron chi connectivity index (χ0n) is 27.1. The minimum atomic E-state index is -1.29. The molecule has 242 valence electrons. The van der Waals surface area contributed by atoms with E-state index in [1.807, 2.05) is 6.92 Å². The number of fused-ring (bicyclic) bond motifs is 1. The molecule has 0 bridgehead atoms. The van der Waals surface area contributed by atoms with Crippen molar-refractivity contribution in [2.24, 2.45) is 5.41 Å². The molecule has 10 nitrogen and oxygen atoms in total. The molecule has 0 atom stereocenters. The second-order valence-corrected chi connectivity index (χ2v) is 10.9. The van der Waals surface area contributed by atoms with Crippen molar-refractivity contribution in [3.63, 3.8) is 0 Å². The Bertz CT molecular complexity index is 1760. The smallest absolute Gasteiger partial charge is 1.00 e. The summed E-state index contributed by atoms with van der Waals surface area (Å²) in [6, 6.07) is 14.2. The fourth-order valence-electron chi connectivity index (χ4n) is 4.83. The van der Waals surface area contributed by atoms with Crippen LogP contribution in [0, 0.1) is 17.0 Å². The molecule has 3 N–H and O–H groups in total. The maximum atomic E-state index is 15.2. The van der Waals surface area contributed by atoms with Gasteiger partial charge in [0.25, 0.3) is 0 Å². The topological polar surface area (TPSA) is 136 Å². The summed E-state index contributed by atoms with van der Waals surface area (Å²) in [5.74, 6) is -1.95. The second-order valence-electron chi connectivity index (χ2n) is 10.9. The monoisotopic (exact) mass is 641 g/mol. The zero-order chi connectivity index (χ0) is 32.7. The molecular weight excluding hydrogens is 607 g/mol. The number of ether oxygens (including phenoxy) is 3. The van der Waals surface area contributed by atoms with Gasteiger partial charge in [-0.25, -0.2) is 8.78 Å². The predicted molar refractivity (Wildman–Crippen MR) is 167 cm³/mol. The summed E-state index contributed by atoms with van der Waals surface area (Å²) in [7, 11) is 0. The average Bonchev–Trinajstić information content (AvgIpc) is 3.84. The summed E-state index contributed by atoms with van der Waals surface area (Å²) >= 11 is 0. The molecule has 1 heterocycles. The number of carboxylic acids is 1. The van der Waals surface area contributed by atoms with Crippen LogP contribution in [0.1, 0.15) is 46.9 Å². The number of amides is 2. The van der Waals surface area contributed by atoms with E-state index in [0.29, 0.717) is 79.2 Å². The molecule has 2 amide bonds. The first-order chi connectivity index (χ1) is 22.2. The Morgan fingerprint density at radius 2 is 1.53 bits per heavy atom. The van der Waals surface area contributed by atoms with E-state index in [1.165, 1.54) is 42.6 Å². The van der Waals surface area contributed by atoms with Crippen LogP contribution < -0.4 is 43.7 Å². The van der Waals surface area contributed by atoms with Gasteiger partial charge in [0.15, 0.2) is 23.1 Å². The third kappa shape index (κ3) is 8.78. The van der Waals surface area contributed by atoms with Gasteiger partial charge in [0, 0.05) is 41.5 Å². The van der Waals surface area contributed by atoms with Crippen molar-refractivity contribution in [1.29, 1.82) is 0 Å². The minimum absolute atomic E-state index is 0. The summed E-state index contributed by atoms with van der Waals surface area (Å²) in [6.07, 6.45) is 4.24. The Balaban J connectivity index is 0.00000312. The molecule has 5 rings (SSSR count). The van der Waals surface area contributed by atoms with E-state index < -0.39 is 34.8 Å². The zero-order valence-corrected chi connectivity index (χ0v) is 26.1. The van der Waals surface area contributed by atoms with Gasteiger partial charge in [-0.1, -0.05) is 0 Å². The van der Waals surface area contributed by atoms with Gasteiger partial charge in [-0.05, 0) is 87.6 Å². The fourth-order valence-corrected chi connectivity index (χ4v) is 4.83. The molecule has 4 aromatic rings. The van der Waals surface area contributed by atoms with Gasteiger partial charge in [0.2, 0.25) is 11.8 Å². The molecule has 1 aliphatic carbocycles. The molecule has 0 saturated heterocycles. The Morgan fingerprint density at radius 1 is 0.851 bits per heavy atom. The summed E-state index contributed by atoms with van der Waals surface area (Å²) < 4.78 is 46.1. The molecular formula is C34H34F2LiN3O7. The first kappa shape index (κ1) is 35.2. The van der Waals surface area contributed by atoms with Crippen LogP contribution in [0.5, 0.6) is 23.0 Å². The van der Waals surface area contributed by atoms with Gasteiger partial charge in [0.05, 0.1) is 18.7 Å². The second kappa shape index (κ2) is 15.8. The first-order valence-electron chi connectivity index (χ1n) is 14.9. The molecule has 1 aromatic heterocycles. The number of pyridine rings is 1. The summed E-state index contributed by atoms with van der Waals surface area (Å²) in [5, 5.41) is 14.6. The standard InChI is InChI=1S/C34H33F2N3O7.Li.H/c1-2-44-29-19-24-26(20-30(29)45-17-5-3-4-6-31(40)41)37-16-13-27(24)46-28-12-11-23(18-25(28)36)39-33(43)34(14-15-34)32(42)38-22-9-7-21(35)8-10-22;;/h7-13,16,18-20H,2-6,14-15,17H2,1H3,(H,38,42)(H,39,43)(H,40,41);;/q;+1;-1. The van der Waals surface area contributed by atoms with Crippen LogP contribution in [0.4, 0.5) is 20.2 Å². The number of carbonyl (C=O) groups excluding carboxylic acids is 2. The number of unbranched alkanes of at least 4 members (excludes halogenated alkanes) is 2. The van der Waals surface area contributed by atoms with Gasteiger partial charge in [-0.15, -0.1) is 0 Å². The van der Waals surface area contributed by atoms with Gasteiger partial charge in [-0.2, -0.15) is 0 Å². The van der Waals surface area contributed by atoms with Crippen molar-refractivity contribution in [3.8, 4) is 23.0 Å². The molecule has 13 heteroatoms. The van der Waals surface area contributed by atoms with E-state index in [-0.39, 0.29) is 38.1 Å². The Labute approximate surface area is 283 Å². The number of halogens is 2. The molecule has 1 fully saturated rings. The van der Waals surface area contributed by atoms with Crippen LogP contribution in [0.15, 0.2) is 66.9 Å². The van der Waals surface area contributed by atoms with Gasteiger partial charge in [-0.3, -0.25) is 19.4 Å². The maximum Gasteiger partial charge on any atom is 1.00 e. The number of nitrogens with zero attached hydrogens (tertiary/aromatic N) is 1. The van der Waals surface area contributed by atoms with Crippen molar-refractivity contribution in [1.82, 2.24) is 4.98 Å². The van der Waals surface area contributed by atoms with E-state index in [0.717, 1.165) is 6.07 Å². The van der Waals surface area contributed by atoms with Crippen LogP contribution in [0.25, 0.3) is 10.9 Å². The largest absolute Gasteiger partial charge is 1.00 e. The Morgan fingerprint density at radius 3 is 2.19 bits per heavy atom. The predicted octanol–water partition coefficient (Wildman–Crippen LogP) is 4.20. The number of aromatic nitrogens is 1. The molecule has 47 heavy (non-hydrogen) atoms. The van der Waals surface area contributed by atoms with Gasteiger partial charge >= 0.3 is 24.8 Å². The molecule has 1 saturated carbocycles. The number of anilines is 2. The molecule has 1 aliphatic rings. The van der Waals surface area contributed by atoms with E-state index in [4.69, 9.17) is 19.3 Å². The van der Waals surface area contributed by atoms with E-state index in [2.05, 4.69) is 15.6 Å². The van der Waals surface area contributed by atoms with Crippen molar-refractivity contribution >= 4 is 40.1 Å². The van der Waals surface area contributed by atoms with E-state index >= 15 is 4.39 Å². The minimum Gasteiger partial charge on any atom is -1.00 e. The summed E-state index contributed by atoms with van der Waals surface area (Å²) in [4.78, 5) is 41.0. The number of carbonyl (C=O) groups is 3. The van der Waals surface area contributed by atoms with Crippen LogP contribution in [-0.2, 0) is 14.4 Å². The molecule has 0 unspecified atom stereocenters. The van der Waals surface area contributed by atoms with E-state index in [9.17, 15) is 18.8 Å². The SMILES string of the molecule is CCOc1cc2c(Oc3ccc(NC(=O)C4(C(=O)Nc5ccc(F)cc5)CC4)cc3F)ccnc2cc1OCCCCCC(=O)O.[H-].[Li+]. The number of hydrogen-bond donors (Lipinski definition) is 3. The van der Waals surface area contributed by atoms with Crippen molar-refractivity contribution in [3.05, 3.63) is 78.5 Å². The number of benzene rings is 3. The third-order valence-electron chi connectivity index (χ3n) is 7.49. The molecule has 3 aromatic carbocycles. The normalized spacial score (nSPS) is 12.8. The van der Waals surface area contributed by atoms with Crippen LogP contribution in [-0.4, -0.2) is 41.1 Å². The number of aliphatic carboxylic acids is 1.